The van der Waals surface area contributed by atoms with E-state index in [1.54, 1.807) is 11.3 Å². The number of piperidine rings is 1. The summed E-state index contributed by atoms with van der Waals surface area (Å²) in [6, 6.07) is 10.1. The summed E-state index contributed by atoms with van der Waals surface area (Å²) >= 11 is 1.64. The number of rotatable bonds is 8. The Morgan fingerprint density at radius 2 is 1.86 bits per heavy atom. The largest absolute Gasteiger partial charge is 0.355 e. The van der Waals surface area contributed by atoms with Crippen LogP contribution in [-0.4, -0.2) is 41.3 Å². The fraction of sp³-hybridized carbons (Fsp3) is 0.522. The molecule has 0 radical (unpaired) electrons. The summed E-state index contributed by atoms with van der Waals surface area (Å²) in [6.07, 6.45) is 4.02. The smallest absolute Gasteiger partial charge is 0.225 e. The maximum absolute atomic E-state index is 12.5. The Morgan fingerprint density at radius 3 is 2.52 bits per heavy atom. The zero-order chi connectivity index (χ0) is 20.6. The molecule has 1 N–H and O–H groups in total. The van der Waals surface area contributed by atoms with Gasteiger partial charge >= 0.3 is 0 Å². The summed E-state index contributed by atoms with van der Waals surface area (Å²) in [6.45, 7) is 6.12. The monoisotopic (exact) mass is 413 g/mol. The molecule has 2 amide bonds. The van der Waals surface area contributed by atoms with Gasteiger partial charge in [-0.25, -0.2) is 4.98 Å². The maximum Gasteiger partial charge on any atom is 0.225 e. The molecule has 0 saturated carbocycles. The molecular weight excluding hydrogens is 382 g/mol. The van der Waals surface area contributed by atoms with E-state index < -0.39 is 0 Å². The predicted molar refractivity (Wildman–Crippen MR) is 118 cm³/mol. The van der Waals surface area contributed by atoms with Gasteiger partial charge in [-0.15, -0.1) is 11.3 Å². The number of aromatic nitrogens is 1. The van der Waals surface area contributed by atoms with Crippen LogP contribution >= 0.6 is 11.3 Å². The van der Waals surface area contributed by atoms with Gasteiger partial charge in [0.25, 0.3) is 0 Å². The predicted octanol–water partition coefficient (Wildman–Crippen LogP) is 4.14. The van der Waals surface area contributed by atoms with Crippen LogP contribution in [0.4, 0.5) is 0 Å². The van der Waals surface area contributed by atoms with E-state index >= 15 is 0 Å². The molecule has 6 heteroatoms. The number of hydrogen-bond acceptors (Lipinski definition) is 4. The molecule has 0 bridgehead atoms. The molecule has 1 aliphatic rings. The first kappa shape index (κ1) is 21.5. The van der Waals surface area contributed by atoms with Crippen LogP contribution in [0.2, 0.25) is 0 Å². The molecule has 5 nitrogen and oxygen atoms in total. The topological polar surface area (TPSA) is 62.3 Å². The van der Waals surface area contributed by atoms with Crippen LogP contribution in [0.25, 0.3) is 10.6 Å². The van der Waals surface area contributed by atoms with Crippen LogP contribution < -0.4 is 5.32 Å². The molecule has 0 atom stereocenters. The molecule has 0 aliphatic carbocycles. The maximum atomic E-state index is 12.5. The second kappa shape index (κ2) is 10.5. The lowest BCUT2D eigenvalue weighted by Gasteiger charge is -2.33. The van der Waals surface area contributed by atoms with Crippen LogP contribution in [-0.2, 0) is 16.0 Å². The van der Waals surface area contributed by atoms with E-state index in [4.69, 9.17) is 0 Å². The van der Waals surface area contributed by atoms with Gasteiger partial charge in [0.05, 0.1) is 5.69 Å². The molecule has 1 aromatic carbocycles. The van der Waals surface area contributed by atoms with Crippen molar-refractivity contribution in [3.05, 3.63) is 41.4 Å². The summed E-state index contributed by atoms with van der Waals surface area (Å²) in [5, 5.41) is 6.14. The third-order valence-electron chi connectivity index (χ3n) is 5.77. The number of thiazole rings is 1. The zero-order valence-corrected chi connectivity index (χ0v) is 18.2. The Hall–Kier alpha value is -2.21. The van der Waals surface area contributed by atoms with E-state index in [1.807, 2.05) is 23.1 Å². The minimum Gasteiger partial charge on any atom is -0.355 e. The van der Waals surface area contributed by atoms with Crippen LogP contribution in [0.1, 0.15) is 45.2 Å². The van der Waals surface area contributed by atoms with E-state index in [0.29, 0.717) is 19.6 Å². The first-order chi connectivity index (χ1) is 14.1. The summed E-state index contributed by atoms with van der Waals surface area (Å²) in [7, 11) is 0. The Balaban J connectivity index is 1.41. The average Bonchev–Trinajstić information content (AvgIpc) is 3.24. The zero-order valence-electron chi connectivity index (χ0n) is 17.4. The Bertz CT molecular complexity index is 793. The number of hydrogen-bond donors (Lipinski definition) is 1. The van der Waals surface area contributed by atoms with Crippen molar-refractivity contribution >= 4 is 23.2 Å². The molecule has 3 rings (SSSR count). The van der Waals surface area contributed by atoms with Crippen LogP contribution in [0.5, 0.6) is 0 Å². The summed E-state index contributed by atoms with van der Waals surface area (Å²) in [4.78, 5) is 31.6. The fourth-order valence-corrected chi connectivity index (χ4v) is 4.71. The van der Waals surface area contributed by atoms with Crippen molar-refractivity contribution in [2.24, 2.45) is 11.8 Å². The van der Waals surface area contributed by atoms with Gasteiger partial charge < -0.3 is 10.2 Å². The van der Waals surface area contributed by atoms with E-state index in [-0.39, 0.29) is 23.7 Å². The fourth-order valence-electron chi connectivity index (χ4n) is 3.85. The molecule has 0 unspecified atom stereocenters. The first-order valence-corrected chi connectivity index (χ1v) is 11.6. The van der Waals surface area contributed by atoms with Crippen molar-refractivity contribution in [1.82, 2.24) is 15.2 Å². The van der Waals surface area contributed by atoms with Crippen molar-refractivity contribution in [3.8, 4) is 10.6 Å². The number of carbonyl (C=O) groups is 2. The highest BCUT2D eigenvalue weighted by Crippen LogP contribution is 2.24. The molecule has 0 spiro atoms. The Kier molecular flexibility index (Phi) is 7.81. The lowest BCUT2D eigenvalue weighted by Crippen LogP contribution is -2.45. The van der Waals surface area contributed by atoms with Crippen molar-refractivity contribution in [2.75, 3.05) is 19.6 Å². The number of amides is 2. The number of carbonyl (C=O) groups excluding carboxylic acids is 2. The molecule has 1 saturated heterocycles. The second-order valence-corrected chi connectivity index (χ2v) is 8.52. The minimum absolute atomic E-state index is 0.0102. The van der Waals surface area contributed by atoms with E-state index in [9.17, 15) is 9.59 Å². The van der Waals surface area contributed by atoms with Crippen molar-refractivity contribution < 1.29 is 9.59 Å². The lowest BCUT2D eigenvalue weighted by molar-refractivity contribution is -0.139. The van der Waals surface area contributed by atoms with Crippen molar-refractivity contribution in [1.29, 1.82) is 0 Å². The summed E-state index contributed by atoms with van der Waals surface area (Å²) in [5.41, 5.74) is 2.14. The average molecular weight is 414 g/mol. The van der Waals surface area contributed by atoms with Gasteiger partial charge in [0.1, 0.15) is 5.01 Å². The van der Waals surface area contributed by atoms with Gasteiger partial charge in [0.15, 0.2) is 0 Å². The molecule has 1 aliphatic heterocycles. The molecule has 2 heterocycles. The minimum atomic E-state index is 0.0102. The quantitative estimate of drug-likeness (QED) is 0.707. The Morgan fingerprint density at radius 1 is 1.17 bits per heavy atom. The van der Waals surface area contributed by atoms with Gasteiger partial charge in [0, 0.05) is 48.8 Å². The molecule has 1 fully saturated rings. The third kappa shape index (κ3) is 5.66. The van der Waals surface area contributed by atoms with E-state index in [2.05, 4.69) is 41.7 Å². The van der Waals surface area contributed by atoms with Crippen molar-refractivity contribution in [2.45, 2.75) is 46.0 Å². The van der Waals surface area contributed by atoms with Gasteiger partial charge in [0.2, 0.25) is 11.8 Å². The molecular formula is C23H31N3O2S. The van der Waals surface area contributed by atoms with E-state index in [1.165, 1.54) is 0 Å². The van der Waals surface area contributed by atoms with Gasteiger partial charge in [-0.2, -0.15) is 0 Å². The normalized spacial score (nSPS) is 14.9. The highest BCUT2D eigenvalue weighted by molar-refractivity contribution is 7.13. The molecule has 1 aromatic heterocycles. The number of benzene rings is 1. The number of likely N-dealkylation sites (tertiary alicyclic amines) is 1. The lowest BCUT2D eigenvalue weighted by atomic mass is 9.93. The highest BCUT2D eigenvalue weighted by Gasteiger charge is 2.29. The molecule has 29 heavy (non-hydrogen) atoms. The Labute approximate surface area is 177 Å². The van der Waals surface area contributed by atoms with Crippen LogP contribution in [0, 0.1) is 11.8 Å². The second-order valence-electron chi connectivity index (χ2n) is 7.66. The van der Waals surface area contributed by atoms with Crippen molar-refractivity contribution in [3.63, 3.8) is 0 Å². The van der Waals surface area contributed by atoms with Crippen LogP contribution in [0.3, 0.4) is 0 Å². The molecule has 156 valence electrons. The summed E-state index contributed by atoms with van der Waals surface area (Å²) in [5.74, 6) is 0.500. The SMILES string of the molecule is CCC(CC)C(=O)N1CCC(C(=O)NCCc2csc(-c3ccccc3)n2)CC1. The van der Waals surface area contributed by atoms with Gasteiger partial charge in [-0.1, -0.05) is 44.2 Å². The third-order valence-corrected chi connectivity index (χ3v) is 6.71. The first-order valence-electron chi connectivity index (χ1n) is 10.7. The number of nitrogens with zero attached hydrogens (tertiary/aromatic N) is 2. The number of nitrogens with one attached hydrogen (secondary N) is 1. The highest BCUT2D eigenvalue weighted by atomic mass is 32.1. The van der Waals surface area contributed by atoms with Gasteiger partial charge in [-0.05, 0) is 25.7 Å². The van der Waals surface area contributed by atoms with Crippen LogP contribution in [0.15, 0.2) is 35.7 Å². The standard InChI is InChI=1S/C23H31N3O2S/c1-3-17(4-2)23(28)26-14-11-18(12-15-26)21(27)24-13-10-20-16-29-22(25-20)19-8-6-5-7-9-19/h5-9,16-18H,3-4,10-15H2,1-2H3,(H,24,27). The molecule has 2 aromatic rings. The van der Waals surface area contributed by atoms with E-state index in [0.717, 1.165) is 48.4 Å². The van der Waals surface area contributed by atoms with Gasteiger partial charge in [-0.3, -0.25) is 9.59 Å². The summed E-state index contributed by atoms with van der Waals surface area (Å²) < 4.78 is 0.